The van der Waals surface area contributed by atoms with Gasteiger partial charge in [0, 0.05) is 24.5 Å². The lowest BCUT2D eigenvalue weighted by Gasteiger charge is -2.18. The second-order valence-electron chi connectivity index (χ2n) is 7.79. The van der Waals surface area contributed by atoms with Gasteiger partial charge >= 0.3 is 0 Å². The molecular formula is C26H22N4O3. The first-order valence-corrected chi connectivity index (χ1v) is 10.7. The van der Waals surface area contributed by atoms with Crippen LogP contribution in [0.4, 0.5) is 5.69 Å². The van der Waals surface area contributed by atoms with Gasteiger partial charge in [0.2, 0.25) is 0 Å². The third-order valence-electron chi connectivity index (χ3n) is 5.50. The number of carbonyl (C=O) groups is 2. The Balaban J connectivity index is 1.28. The monoisotopic (exact) mass is 438 g/mol. The number of aromatic nitrogens is 2. The highest BCUT2D eigenvalue weighted by Gasteiger charge is 2.18. The maximum absolute atomic E-state index is 12.7. The standard InChI is InChI=1S/C26H22N4O3/c31-25-17-33-24-14-20(10-11-23(24)29-25)26(32)27-15-21-4-1-2-5-22(21)19-8-6-18(7-9-19)16-30-13-3-12-28-30/h1-14H,15-17H2,(H,27,32)(H,29,31). The van der Waals surface area contributed by atoms with E-state index in [4.69, 9.17) is 4.74 Å². The number of anilines is 1. The highest BCUT2D eigenvalue weighted by atomic mass is 16.5. The number of fused-ring (bicyclic) bond motifs is 1. The average molecular weight is 438 g/mol. The van der Waals surface area contributed by atoms with Gasteiger partial charge in [0.1, 0.15) is 5.75 Å². The number of rotatable bonds is 6. The Kier molecular flexibility index (Phi) is 5.59. The van der Waals surface area contributed by atoms with Crippen molar-refractivity contribution in [2.45, 2.75) is 13.1 Å². The average Bonchev–Trinajstić information content (AvgIpc) is 3.36. The highest BCUT2D eigenvalue weighted by Crippen LogP contribution is 2.29. The molecule has 2 heterocycles. The summed E-state index contributed by atoms with van der Waals surface area (Å²) in [5.41, 5.74) is 5.39. The lowest BCUT2D eigenvalue weighted by Crippen LogP contribution is -2.26. The molecule has 7 nitrogen and oxygen atoms in total. The second-order valence-corrected chi connectivity index (χ2v) is 7.79. The zero-order valence-electron chi connectivity index (χ0n) is 17.8. The Morgan fingerprint density at radius 3 is 2.73 bits per heavy atom. The number of amides is 2. The molecule has 0 unspecified atom stereocenters. The molecule has 5 rings (SSSR count). The van der Waals surface area contributed by atoms with Crippen LogP contribution in [0.1, 0.15) is 21.5 Å². The summed E-state index contributed by atoms with van der Waals surface area (Å²) in [7, 11) is 0. The molecule has 33 heavy (non-hydrogen) atoms. The summed E-state index contributed by atoms with van der Waals surface area (Å²) in [5, 5.41) is 9.96. The molecule has 1 aromatic heterocycles. The number of nitrogens with one attached hydrogen (secondary N) is 2. The van der Waals surface area contributed by atoms with Gasteiger partial charge < -0.3 is 15.4 Å². The number of nitrogens with zero attached hydrogens (tertiary/aromatic N) is 2. The van der Waals surface area contributed by atoms with E-state index in [1.165, 1.54) is 5.56 Å². The van der Waals surface area contributed by atoms with E-state index in [0.29, 0.717) is 23.5 Å². The van der Waals surface area contributed by atoms with Gasteiger partial charge in [-0.15, -0.1) is 0 Å². The number of hydrogen-bond acceptors (Lipinski definition) is 4. The molecule has 1 aliphatic rings. The molecule has 4 aromatic rings. The fourth-order valence-corrected chi connectivity index (χ4v) is 3.82. The zero-order chi connectivity index (χ0) is 22.6. The lowest BCUT2D eigenvalue weighted by atomic mass is 9.98. The fourth-order valence-electron chi connectivity index (χ4n) is 3.82. The van der Waals surface area contributed by atoms with Crippen LogP contribution in [-0.2, 0) is 17.9 Å². The summed E-state index contributed by atoms with van der Waals surface area (Å²) in [6.45, 7) is 1.06. The maximum atomic E-state index is 12.7. The molecule has 2 amide bonds. The Morgan fingerprint density at radius 1 is 1.06 bits per heavy atom. The van der Waals surface area contributed by atoms with Gasteiger partial charge in [-0.25, -0.2) is 0 Å². The van der Waals surface area contributed by atoms with Crippen molar-refractivity contribution in [1.82, 2.24) is 15.1 Å². The normalized spacial score (nSPS) is 12.4. The molecule has 0 bridgehead atoms. The first-order valence-electron chi connectivity index (χ1n) is 10.7. The van der Waals surface area contributed by atoms with Crippen molar-refractivity contribution < 1.29 is 14.3 Å². The van der Waals surface area contributed by atoms with Gasteiger partial charge in [-0.2, -0.15) is 5.10 Å². The summed E-state index contributed by atoms with van der Waals surface area (Å²) in [6, 6.07) is 23.3. The molecule has 0 fully saturated rings. The molecule has 0 atom stereocenters. The van der Waals surface area contributed by atoms with Crippen LogP contribution < -0.4 is 15.4 Å². The van der Waals surface area contributed by atoms with Gasteiger partial charge in [0.15, 0.2) is 6.61 Å². The van der Waals surface area contributed by atoms with E-state index in [1.807, 2.05) is 35.1 Å². The van der Waals surface area contributed by atoms with E-state index in [-0.39, 0.29) is 18.4 Å². The Hall–Kier alpha value is -4.39. The van der Waals surface area contributed by atoms with Crippen molar-refractivity contribution in [3.8, 4) is 16.9 Å². The molecule has 0 saturated heterocycles. The van der Waals surface area contributed by atoms with Crippen LogP contribution in [0.15, 0.2) is 85.2 Å². The van der Waals surface area contributed by atoms with Crippen molar-refractivity contribution in [2.24, 2.45) is 0 Å². The first-order chi connectivity index (χ1) is 16.2. The summed E-state index contributed by atoms with van der Waals surface area (Å²) in [4.78, 5) is 24.2. The quantitative estimate of drug-likeness (QED) is 0.479. The van der Waals surface area contributed by atoms with Gasteiger partial charge in [0.25, 0.3) is 11.8 Å². The van der Waals surface area contributed by atoms with Crippen LogP contribution in [0.25, 0.3) is 11.1 Å². The Labute approximate surface area is 191 Å². The molecule has 2 N–H and O–H groups in total. The van der Waals surface area contributed by atoms with E-state index in [9.17, 15) is 9.59 Å². The molecular weight excluding hydrogens is 416 g/mol. The number of ether oxygens (including phenoxy) is 1. The zero-order valence-corrected chi connectivity index (χ0v) is 17.8. The first kappa shape index (κ1) is 20.5. The minimum Gasteiger partial charge on any atom is -0.482 e. The summed E-state index contributed by atoms with van der Waals surface area (Å²) in [5.74, 6) is 0.0891. The van der Waals surface area contributed by atoms with E-state index >= 15 is 0 Å². The number of benzene rings is 3. The number of hydrogen-bond donors (Lipinski definition) is 2. The predicted octanol–water partition coefficient (Wildman–Crippen LogP) is 3.86. The van der Waals surface area contributed by atoms with Gasteiger partial charge in [-0.3, -0.25) is 14.3 Å². The highest BCUT2D eigenvalue weighted by molar-refractivity contribution is 5.99. The van der Waals surface area contributed by atoms with Crippen LogP contribution in [0.5, 0.6) is 5.75 Å². The van der Waals surface area contributed by atoms with Gasteiger partial charge in [-0.1, -0.05) is 48.5 Å². The smallest absolute Gasteiger partial charge is 0.262 e. The molecule has 0 spiro atoms. The van der Waals surface area contributed by atoms with Crippen LogP contribution in [0, 0.1) is 0 Å². The van der Waals surface area contributed by atoms with Gasteiger partial charge in [0.05, 0.1) is 12.2 Å². The molecule has 0 aliphatic carbocycles. The molecule has 0 saturated carbocycles. The summed E-state index contributed by atoms with van der Waals surface area (Å²) < 4.78 is 7.30. The molecule has 1 aliphatic heterocycles. The molecule has 164 valence electrons. The minimum absolute atomic E-state index is 0.0494. The predicted molar refractivity (Wildman–Crippen MR) is 125 cm³/mol. The fraction of sp³-hybridized carbons (Fsp3) is 0.115. The number of carbonyl (C=O) groups excluding carboxylic acids is 2. The maximum Gasteiger partial charge on any atom is 0.262 e. The van der Waals surface area contributed by atoms with Crippen molar-refractivity contribution in [3.05, 3.63) is 102 Å². The van der Waals surface area contributed by atoms with Crippen molar-refractivity contribution in [2.75, 3.05) is 11.9 Å². The van der Waals surface area contributed by atoms with E-state index in [2.05, 4.69) is 46.1 Å². The third kappa shape index (κ3) is 4.62. The van der Waals surface area contributed by atoms with E-state index < -0.39 is 0 Å². The summed E-state index contributed by atoms with van der Waals surface area (Å²) >= 11 is 0. The van der Waals surface area contributed by atoms with Crippen molar-refractivity contribution in [3.63, 3.8) is 0 Å². The molecule has 7 heteroatoms. The van der Waals surface area contributed by atoms with E-state index in [1.54, 1.807) is 24.4 Å². The second kappa shape index (κ2) is 9.00. The summed E-state index contributed by atoms with van der Waals surface area (Å²) in [6.07, 6.45) is 3.71. The molecule has 0 radical (unpaired) electrons. The van der Waals surface area contributed by atoms with Crippen molar-refractivity contribution >= 4 is 17.5 Å². The Morgan fingerprint density at radius 2 is 1.91 bits per heavy atom. The molecule has 3 aromatic carbocycles. The van der Waals surface area contributed by atoms with Crippen molar-refractivity contribution in [1.29, 1.82) is 0 Å². The third-order valence-corrected chi connectivity index (χ3v) is 5.50. The van der Waals surface area contributed by atoms with Crippen LogP contribution in [0.2, 0.25) is 0 Å². The SMILES string of the molecule is O=C1COc2cc(C(=O)NCc3ccccc3-c3ccc(Cn4cccn4)cc3)ccc2N1. The van der Waals surface area contributed by atoms with Crippen LogP contribution in [0.3, 0.4) is 0 Å². The minimum atomic E-state index is -0.206. The Bertz CT molecular complexity index is 1300. The van der Waals surface area contributed by atoms with Crippen LogP contribution in [-0.4, -0.2) is 28.2 Å². The van der Waals surface area contributed by atoms with Gasteiger partial charge in [-0.05, 0) is 46.5 Å². The van der Waals surface area contributed by atoms with E-state index in [0.717, 1.165) is 23.2 Å². The topological polar surface area (TPSA) is 85.2 Å². The lowest BCUT2D eigenvalue weighted by molar-refractivity contribution is -0.118. The van der Waals surface area contributed by atoms with Crippen LogP contribution >= 0.6 is 0 Å². The largest absolute Gasteiger partial charge is 0.482 e.